The molecule has 0 amide bonds. The molecule has 1 N–H and O–H groups in total. The second-order valence-electron chi connectivity index (χ2n) is 7.87. The summed E-state index contributed by atoms with van der Waals surface area (Å²) < 4.78 is 19.3. The van der Waals surface area contributed by atoms with Crippen molar-refractivity contribution in [2.75, 3.05) is 6.54 Å². The van der Waals surface area contributed by atoms with Gasteiger partial charge in [0, 0.05) is 22.8 Å². The highest BCUT2D eigenvalue weighted by Gasteiger charge is 2.34. The number of nitrogens with one attached hydrogen (secondary N) is 1. The maximum atomic E-state index is 13.7. The molecular weight excluding hydrogens is 435 g/mol. The molecule has 1 atom stereocenters. The fourth-order valence-corrected chi connectivity index (χ4v) is 4.08. The van der Waals surface area contributed by atoms with Gasteiger partial charge in [0.1, 0.15) is 5.82 Å². The van der Waals surface area contributed by atoms with E-state index < -0.39 is 0 Å². The largest absolute Gasteiger partial charge is 0.351 e. The van der Waals surface area contributed by atoms with Gasteiger partial charge in [0.05, 0.1) is 11.6 Å². The predicted molar refractivity (Wildman–Crippen MR) is 124 cm³/mol. The highest BCUT2D eigenvalue weighted by atomic mass is 35.5. The number of hydrogen-bond acceptors (Lipinski definition) is 4. The minimum Gasteiger partial charge on any atom is -0.351 e. The summed E-state index contributed by atoms with van der Waals surface area (Å²) in [4.78, 5) is 6.64. The Labute approximate surface area is 190 Å². The third-order valence-corrected chi connectivity index (χ3v) is 5.68. The Hall–Kier alpha value is -2.77. The fourth-order valence-electron chi connectivity index (χ4n) is 3.63. The molecule has 5 nitrogen and oxygen atoms in total. The Morgan fingerprint density at radius 2 is 1.97 bits per heavy atom. The van der Waals surface area contributed by atoms with Crippen LogP contribution in [0.5, 0.6) is 0 Å². The lowest BCUT2D eigenvalue weighted by atomic mass is 9.94. The van der Waals surface area contributed by atoms with E-state index in [1.54, 1.807) is 12.1 Å². The number of hydrogen-bond donors (Lipinski definition) is 1. The standard InChI is InChI=1S/C23H22ClFN4OS/c1-13(2)12-29-14(3)19(20(26-23(29)31)15-7-9-17(24)10-8-15)22-27-21(28-30-22)16-5-4-6-18(25)11-16/h4-11,13,20H,12H2,1-3H3,(H,26,31). The molecular formula is C23H22ClFN4OS. The first-order valence-corrected chi connectivity index (χ1v) is 10.8. The van der Waals surface area contributed by atoms with Crippen molar-refractivity contribution in [3.63, 3.8) is 0 Å². The lowest BCUT2D eigenvalue weighted by Crippen LogP contribution is -2.47. The average molecular weight is 457 g/mol. The summed E-state index contributed by atoms with van der Waals surface area (Å²) in [7, 11) is 0. The van der Waals surface area contributed by atoms with Gasteiger partial charge in [0.15, 0.2) is 5.11 Å². The molecule has 0 radical (unpaired) electrons. The van der Waals surface area contributed by atoms with Crippen molar-refractivity contribution in [2.24, 2.45) is 5.92 Å². The molecule has 1 aliphatic rings. The minimum absolute atomic E-state index is 0.283. The van der Waals surface area contributed by atoms with E-state index in [0.717, 1.165) is 23.4 Å². The van der Waals surface area contributed by atoms with Gasteiger partial charge in [-0.25, -0.2) is 4.39 Å². The number of nitrogens with zero attached hydrogens (tertiary/aromatic N) is 3. The van der Waals surface area contributed by atoms with Crippen LogP contribution in [-0.2, 0) is 0 Å². The molecule has 160 valence electrons. The third kappa shape index (κ3) is 4.48. The number of benzene rings is 2. The maximum Gasteiger partial charge on any atom is 0.258 e. The molecule has 1 aromatic heterocycles. The zero-order valence-corrected chi connectivity index (χ0v) is 19.0. The topological polar surface area (TPSA) is 54.2 Å². The van der Waals surface area contributed by atoms with Gasteiger partial charge in [-0.05, 0) is 54.9 Å². The first-order chi connectivity index (χ1) is 14.8. The summed E-state index contributed by atoms with van der Waals surface area (Å²) in [6.45, 7) is 7.02. The maximum absolute atomic E-state index is 13.7. The lowest BCUT2D eigenvalue weighted by molar-refractivity contribution is 0.386. The summed E-state index contributed by atoms with van der Waals surface area (Å²) >= 11 is 11.8. The second-order valence-corrected chi connectivity index (χ2v) is 8.69. The van der Waals surface area contributed by atoms with E-state index in [4.69, 9.17) is 28.3 Å². The first kappa shape index (κ1) is 21.5. The van der Waals surface area contributed by atoms with Crippen LogP contribution >= 0.6 is 23.8 Å². The van der Waals surface area contributed by atoms with Crippen LogP contribution in [0.1, 0.15) is 38.3 Å². The zero-order valence-electron chi connectivity index (χ0n) is 17.4. The van der Waals surface area contributed by atoms with Crippen LogP contribution in [-0.4, -0.2) is 26.7 Å². The summed E-state index contributed by atoms with van der Waals surface area (Å²) in [5, 5.41) is 8.80. The average Bonchev–Trinajstić information content (AvgIpc) is 3.21. The van der Waals surface area contributed by atoms with Gasteiger partial charge in [-0.1, -0.05) is 54.9 Å². The molecule has 0 saturated heterocycles. The van der Waals surface area contributed by atoms with Crippen LogP contribution in [0.15, 0.2) is 58.8 Å². The lowest BCUT2D eigenvalue weighted by Gasteiger charge is -2.38. The normalized spacial score (nSPS) is 16.8. The fraction of sp³-hybridized carbons (Fsp3) is 0.261. The zero-order chi connectivity index (χ0) is 22.1. The smallest absolute Gasteiger partial charge is 0.258 e. The third-order valence-electron chi connectivity index (χ3n) is 5.09. The van der Waals surface area contributed by atoms with E-state index in [2.05, 4.69) is 29.3 Å². The van der Waals surface area contributed by atoms with Gasteiger partial charge < -0.3 is 14.7 Å². The molecule has 0 fully saturated rings. The second kappa shape index (κ2) is 8.77. The summed E-state index contributed by atoms with van der Waals surface area (Å²) in [6, 6.07) is 13.4. The van der Waals surface area contributed by atoms with E-state index >= 15 is 0 Å². The van der Waals surface area contributed by atoms with Crippen molar-refractivity contribution in [3.8, 4) is 11.4 Å². The van der Waals surface area contributed by atoms with Crippen LogP contribution in [0.2, 0.25) is 5.02 Å². The molecule has 4 rings (SSSR count). The number of halogens is 2. The molecule has 0 saturated carbocycles. The summed E-state index contributed by atoms with van der Waals surface area (Å²) in [6.07, 6.45) is 0. The Kier molecular flexibility index (Phi) is 6.07. The van der Waals surface area contributed by atoms with Gasteiger partial charge in [-0.2, -0.15) is 4.98 Å². The van der Waals surface area contributed by atoms with Crippen molar-refractivity contribution in [1.82, 2.24) is 20.4 Å². The van der Waals surface area contributed by atoms with Crippen LogP contribution in [0.4, 0.5) is 4.39 Å². The molecule has 0 spiro atoms. The van der Waals surface area contributed by atoms with Crippen molar-refractivity contribution in [3.05, 3.63) is 76.5 Å². The van der Waals surface area contributed by atoms with Gasteiger partial charge in [-0.3, -0.25) is 0 Å². The molecule has 1 aliphatic heterocycles. The Balaban J connectivity index is 1.82. The summed E-state index contributed by atoms with van der Waals surface area (Å²) in [5.74, 6) is 0.730. The van der Waals surface area contributed by atoms with E-state index in [1.807, 2.05) is 36.1 Å². The summed E-state index contributed by atoms with van der Waals surface area (Å²) in [5.41, 5.74) is 3.28. The molecule has 0 bridgehead atoms. The van der Waals surface area contributed by atoms with E-state index in [1.165, 1.54) is 12.1 Å². The number of aromatic nitrogens is 2. The van der Waals surface area contributed by atoms with Crippen molar-refractivity contribution >= 4 is 34.5 Å². The van der Waals surface area contributed by atoms with Gasteiger partial charge in [0.2, 0.25) is 5.82 Å². The molecule has 2 aromatic carbocycles. The molecule has 0 aliphatic carbocycles. The number of rotatable bonds is 5. The molecule has 2 heterocycles. The van der Waals surface area contributed by atoms with Crippen molar-refractivity contribution < 1.29 is 8.91 Å². The van der Waals surface area contributed by atoms with Crippen LogP contribution < -0.4 is 5.32 Å². The quantitative estimate of drug-likeness (QED) is 0.486. The van der Waals surface area contributed by atoms with Gasteiger partial charge >= 0.3 is 0 Å². The number of allylic oxidation sites excluding steroid dienone is 1. The van der Waals surface area contributed by atoms with Crippen LogP contribution in [0.25, 0.3) is 17.0 Å². The van der Waals surface area contributed by atoms with Crippen LogP contribution in [0, 0.1) is 11.7 Å². The molecule has 31 heavy (non-hydrogen) atoms. The van der Waals surface area contributed by atoms with E-state index in [-0.39, 0.29) is 11.9 Å². The van der Waals surface area contributed by atoms with E-state index in [0.29, 0.717) is 33.3 Å². The van der Waals surface area contributed by atoms with Crippen molar-refractivity contribution in [2.45, 2.75) is 26.8 Å². The van der Waals surface area contributed by atoms with E-state index in [9.17, 15) is 4.39 Å². The van der Waals surface area contributed by atoms with Gasteiger partial charge in [0.25, 0.3) is 5.89 Å². The minimum atomic E-state index is -0.355. The Bertz CT molecular complexity index is 1140. The predicted octanol–water partition coefficient (Wildman–Crippen LogP) is 5.85. The highest BCUT2D eigenvalue weighted by molar-refractivity contribution is 7.80. The van der Waals surface area contributed by atoms with Gasteiger partial charge in [-0.15, -0.1) is 0 Å². The molecule has 8 heteroatoms. The SMILES string of the molecule is CC1=C(c2nc(-c3cccc(F)c3)no2)C(c2ccc(Cl)cc2)NC(=S)N1CC(C)C. The highest BCUT2D eigenvalue weighted by Crippen LogP contribution is 2.38. The monoisotopic (exact) mass is 456 g/mol. The Morgan fingerprint density at radius 3 is 2.65 bits per heavy atom. The molecule has 3 aromatic rings. The van der Waals surface area contributed by atoms with Crippen LogP contribution in [0.3, 0.4) is 0 Å². The number of thiocarbonyl (C=S) groups is 1. The Morgan fingerprint density at radius 1 is 1.23 bits per heavy atom. The molecule has 1 unspecified atom stereocenters. The first-order valence-electron chi connectivity index (χ1n) is 9.97. The van der Waals surface area contributed by atoms with Crippen molar-refractivity contribution in [1.29, 1.82) is 0 Å².